The van der Waals surface area contributed by atoms with Gasteiger partial charge in [0.25, 0.3) is 5.91 Å². The molecule has 0 saturated carbocycles. The number of amides is 1. The van der Waals surface area contributed by atoms with Gasteiger partial charge in [0.2, 0.25) is 0 Å². The van der Waals surface area contributed by atoms with Crippen LogP contribution >= 0.6 is 11.6 Å². The molecule has 3 nitrogen and oxygen atoms in total. The SMILES string of the molecule is Cc1ccc(NC(=O)c2cc(Cl)nc3ccccc23)c(C)c1. The van der Waals surface area contributed by atoms with Gasteiger partial charge in [-0.25, -0.2) is 4.98 Å². The molecule has 1 amide bonds. The first kappa shape index (κ1) is 14.5. The van der Waals surface area contributed by atoms with Crippen molar-refractivity contribution in [2.45, 2.75) is 13.8 Å². The van der Waals surface area contributed by atoms with Gasteiger partial charge in [0.05, 0.1) is 11.1 Å². The number of benzene rings is 2. The standard InChI is InChI=1S/C18H15ClN2O/c1-11-7-8-15(12(2)9-11)21-18(22)14-10-17(19)20-16-6-4-3-5-13(14)16/h3-10H,1-2H3,(H,21,22). The number of nitrogens with zero attached hydrogens (tertiary/aromatic N) is 1. The van der Waals surface area contributed by atoms with Crippen molar-refractivity contribution >= 4 is 34.1 Å². The Balaban J connectivity index is 2.02. The van der Waals surface area contributed by atoms with Crippen LogP contribution < -0.4 is 5.32 Å². The largest absolute Gasteiger partial charge is 0.322 e. The molecule has 0 aliphatic rings. The van der Waals surface area contributed by atoms with E-state index in [1.54, 1.807) is 6.07 Å². The number of carbonyl (C=O) groups excluding carboxylic acids is 1. The summed E-state index contributed by atoms with van der Waals surface area (Å²) in [4.78, 5) is 16.9. The first-order valence-electron chi connectivity index (χ1n) is 6.98. The number of carbonyl (C=O) groups is 1. The number of aromatic nitrogens is 1. The predicted octanol–water partition coefficient (Wildman–Crippen LogP) is 4.76. The van der Waals surface area contributed by atoms with Crippen molar-refractivity contribution in [1.29, 1.82) is 0 Å². The molecule has 0 fully saturated rings. The molecule has 0 bridgehead atoms. The molecule has 4 heteroatoms. The average molecular weight is 311 g/mol. The molecule has 1 aromatic heterocycles. The van der Waals surface area contributed by atoms with E-state index in [4.69, 9.17) is 11.6 Å². The number of fused-ring (bicyclic) bond motifs is 1. The van der Waals surface area contributed by atoms with E-state index >= 15 is 0 Å². The zero-order valence-corrected chi connectivity index (χ0v) is 13.1. The van der Waals surface area contributed by atoms with Gasteiger partial charge in [-0.3, -0.25) is 4.79 Å². The maximum atomic E-state index is 12.6. The predicted molar refractivity (Wildman–Crippen MR) is 90.6 cm³/mol. The molecule has 0 unspecified atom stereocenters. The quantitative estimate of drug-likeness (QED) is 0.694. The fourth-order valence-corrected chi connectivity index (χ4v) is 2.67. The minimum absolute atomic E-state index is 0.188. The molecule has 0 atom stereocenters. The van der Waals surface area contributed by atoms with Gasteiger partial charge in [-0.2, -0.15) is 0 Å². The fourth-order valence-electron chi connectivity index (χ4n) is 2.47. The number of para-hydroxylation sites is 1. The second kappa shape index (κ2) is 5.78. The summed E-state index contributed by atoms with van der Waals surface area (Å²) in [6.07, 6.45) is 0. The minimum atomic E-state index is -0.188. The Labute approximate surface area is 133 Å². The maximum absolute atomic E-state index is 12.6. The van der Waals surface area contributed by atoms with Crippen LogP contribution in [0.3, 0.4) is 0 Å². The van der Waals surface area contributed by atoms with Gasteiger partial charge in [-0.15, -0.1) is 0 Å². The zero-order valence-electron chi connectivity index (χ0n) is 12.4. The highest BCUT2D eigenvalue weighted by molar-refractivity contribution is 6.30. The Morgan fingerprint density at radius 3 is 2.64 bits per heavy atom. The van der Waals surface area contributed by atoms with E-state index in [2.05, 4.69) is 10.3 Å². The molecule has 22 heavy (non-hydrogen) atoms. The van der Waals surface area contributed by atoms with Gasteiger partial charge in [0.15, 0.2) is 0 Å². The van der Waals surface area contributed by atoms with Crippen molar-refractivity contribution in [3.05, 3.63) is 70.4 Å². The van der Waals surface area contributed by atoms with Crippen LogP contribution in [0.2, 0.25) is 5.15 Å². The summed E-state index contributed by atoms with van der Waals surface area (Å²) in [5.74, 6) is -0.188. The summed E-state index contributed by atoms with van der Waals surface area (Å²) in [6.45, 7) is 4.00. The molecule has 1 heterocycles. The number of hydrogen-bond acceptors (Lipinski definition) is 2. The van der Waals surface area contributed by atoms with Gasteiger partial charge in [-0.1, -0.05) is 47.5 Å². The van der Waals surface area contributed by atoms with E-state index < -0.39 is 0 Å². The summed E-state index contributed by atoms with van der Waals surface area (Å²) < 4.78 is 0. The van der Waals surface area contributed by atoms with E-state index in [1.165, 1.54) is 0 Å². The summed E-state index contributed by atoms with van der Waals surface area (Å²) in [7, 11) is 0. The molecule has 0 aliphatic carbocycles. The maximum Gasteiger partial charge on any atom is 0.256 e. The molecule has 3 aromatic rings. The van der Waals surface area contributed by atoms with Crippen LogP contribution in [-0.4, -0.2) is 10.9 Å². The number of hydrogen-bond donors (Lipinski definition) is 1. The average Bonchev–Trinajstić information content (AvgIpc) is 2.49. The summed E-state index contributed by atoms with van der Waals surface area (Å²) in [5, 5.41) is 4.04. The Kier molecular flexibility index (Phi) is 3.82. The van der Waals surface area contributed by atoms with E-state index in [0.717, 1.165) is 22.2 Å². The van der Waals surface area contributed by atoms with Crippen molar-refractivity contribution in [2.24, 2.45) is 0 Å². The number of halogens is 1. The van der Waals surface area contributed by atoms with Gasteiger partial charge in [-0.05, 0) is 37.6 Å². The molecule has 1 N–H and O–H groups in total. The lowest BCUT2D eigenvalue weighted by Crippen LogP contribution is -2.13. The summed E-state index contributed by atoms with van der Waals surface area (Å²) in [5.41, 5.74) is 4.22. The number of nitrogens with one attached hydrogen (secondary N) is 1. The topological polar surface area (TPSA) is 42.0 Å². The Hall–Kier alpha value is -2.39. The second-order valence-corrected chi connectivity index (χ2v) is 5.67. The Bertz CT molecular complexity index is 874. The van der Waals surface area contributed by atoms with Crippen LogP contribution in [0.25, 0.3) is 10.9 Å². The second-order valence-electron chi connectivity index (χ2n) is 5.28. The lowest BCUT2D eigenvalue weighted by molar-refractivity contribution is 0.102. The number of aryl methyl sites for hydroxylation is 2. The van der Waals surface area contributed by atoms with Crippen LogP contribution in [-0.2, 0) is 0 Å². The summed E-state index contributed by atoms with van der Waals surface area (Å²) in [6, 6.07) is 15.0. The van der Waals surface area contributed by atoms with E-state index in [0.29, 0.717) is 16.2 Å². The van der Waals surface area contributed by atoms with E-state index in [1.807, 2.05) is 56.3 Å². The zero-order chi connectivity index (χ0) is 15.7. The van der Waals surface area contributed by atoms with Crippen molar-refractivity contribution in [2.75, 3.05) is 5.32 Å². The van der Waals surface area contributed by atoms with Gasteiger partial charge in [0, 0.05) is 11.1 Å². The molecule has 0 aliphatic heterocycles. The highest BCUT2D eigenvalue weighted by atomic mass is 35.5. The molecule has 3 rings (SSSR count). The highest BCUT2D eigenvalue weighted by Gasteiger charge is 2.13. The third kappa shape index (κ3) is 2.81. The van der Waals surface area contributed by atoms with Crippen LogP contribution in [0.1, 0.15) is 21.5 Å². The van der Waals surface area contributed by atoms with Crippen LogP contribution in [0.15, 0.2) is 48.5 Å². The molecule has 2 aromatic carbocycles. The fraction of sp³-hybridized carbons (Fsp3) is 0.111. The summed E-state index contributed by atoms with van der Waals surface area (Å²) >= 11 is 6.03. The van der Waals surface area contributed by atoms with Crippen LogP contribution in [0, 0.1) is 13.8 Å². The van der Waals surface area contributed by atoms with Crippen molar-refractivity contribution in [1.82, 2.24) is 4.98 Å². The van der Waals surface area contributed by atoms with Crippen LogP contribution in [0.5, 0.6) is 0 Å². The Morgan fingerprint density at radius 2 is 1.86 bits per heavy atom. The van der Waals surface area contributed by atoms with Crippen molar-refractivity contribution in [3.63, 3.8) is 0 Å². The third-order valence-corrected chi connectivity index (χ3v) is 3.75. The van der Waals surface area contributed by atoms with Crippen molar-refractivity contribution in [3.8, 4) is 0 Å². The van der Waals surface area contributed by atoms with Gasteiger partial charge < -0.3 is 5.32 Å². The third-order valence-electron chi connectivity index (χ3n) is 3.56. The smallest absolute Gasteiger partial charge is 0.256 e. The highest BCUT2D eigenvalue weighted by Crippen LogP contribution is 2.23. The first-order chi connectivity index (χ1) is 10.5. The van der Waals surface area contributed by atoms with Gasteiger partial charge >= 0.3 is 0 Å². The number of pyridine rings is 1. The lowest BCUT2D eigenvalue weighted by Gasteiger charge is -2.11. The number of anilines is 1. The van der Waals surface area contributed by atoms with Crippen LogP contribution in [0.4, 0.5) is 5.69 Å². The van der Waals surface area contributed by atoms with Gasteiger partial charge in [0.1, 0.15) is 5.15 Å². The molecular formula is C18H15ClN2O. The lowest BCUT2D eigenvalue weighted by atomic mass is 10.1. The molecule has 0 saturated heterocycles. The number of rotatable bonds is 2. The first-order valence-corrected chi connectivity index (χ1v) is 7.36. The monoisotopic (exact) mass is 310 g/mol. The molecular weight excluding hydrogens is 296 g/mol. The van der Waals surface area contributed by atoms with E-state index in [9.17, 15) is 4.79 Å². The van der Waals surface area contributed by atoms with Crippen molar-refractivity contribution < 1.29 is 4.79 Å². The normalized spacial score (nSPS) is 10.7. The van der Waals surface area contributed by atoms with E-state index in [-0.39, 0.29) is 5.91 Å². The minimum Gasteiger partial charge on any atom is -0.322 e. The molecule has 0 spiro atoms. The molecule has 110 valence electrons. The molecule has 0 radical (unpaired) electrons. The Morgan fingerprint density at radius 1 is 1.09 bits per heavy atom.